The second kappa shape index (κ2) is 9.84. The Morgan fingerprint density at radius 3 is 2.73 bits per heavy atom. The molecule has 0 saturated heterocycles. The first kappa shape index (κ1) is 22.5. The molecule has 1 atom stereocenters. The lowest BCUT2D eigenvalue weighted by atomic mass is 10.2. The van der Waals surface area contributed by atoms with E-state index in [1.165, 1.54) is 41.3 Å². The van der Waals surface area contributed by atoms with Crippen molar-refractivity contribution < 1.29 is 14.5 Å². The number of nitrogens with one attached hydrogen (secondary N) is 1. The molecule has 0 aliphatic rings. The van der Waals surface area contributed by atoms with Crippen LogP contribution in [0.5, 0.6) is 5.75 Å². The number of carbonyl (C=O) groups is 1. The molecule has 0 spiro atoms. The quantitative estimate of drug-likeness (QED) is 0.213. The smallest absolute Gasteiger partial charge is 0.271 e. The number of nitrogens with zero attached hydrogens (tertiary/aromatic N) is 4. The molecule has 0 saturated carbocycles. The van der Waals surface area contributed by atoms with E-state index in [0.29, 0.717) is 22.4 Å². The van der Waals surface area contributed by atoms with Crippen molar-refractivity contribution in [2.24, 2.45) is 0 Å². The van der Waals surface area contributed by atoms with Gasteiger partial charge in [0.2, 0.25) is 5.91 Å². The van der Waals surface area contributed by atoms with Gasteiger partial charge in [0.25, 0.3) is 5.69 Å². The predicted octanol–water partition coefficient (Wildman–Crippen LogP) is 5.03. The lowest BCUT2D eigenvalue weighted by Crippen LogP contribution is -2.23. The molecule has 11 heteroatoms. The summed E-state index contributed by atoms with van der Waals surface area (Å²) in [5.74, 6) is 0.974. The van der Waals surface area contributed by atoms with Crippen LogP contribution in [-0.2, 0) is 4.79 Å². The Bertz CT molecular complexity index is 1290. The summed E-state index contributed by atoms with van der Waals surface area (Å²) in [6, 6.07) is 17.2. The van der Waals surface area contributed by atoms with Crippen molar-refractivity contribution in [3.8, 4) is 22.1 Å². The molecule has 4 aromatic rings. The number of carbonyl (C=O) groups excluding carboxylic acids is 1. The van der Waals surface area contributed by atoms with Crippen LogP contribution in [0.1, 0.15) is 6.92 Å². The first-order valence-corrected chi connectivity index (χ1v) is 11.6. The summed E-state index contributed by atoms with van der Waals surface area (Å²) in [7, 11) is 1.59. The molecule has 2 aromatic carbocycles. The van der Waals surface area contributed by atoms with Gasteiger partial charge in [0.05, 0.1) is 27.8 Å². The van der Waals surface area contributed by atoms with E-state index in [-0.39, 0.29) is 11.6 Å². The maximum Gasteiger partial charge on any atom is 0.271 e. The molecular weight excluding hydrogens is 462 g/mol. The Morgan fingerprint density at radius 2 is 2.00 bits per heavy atom. The topological polar surface area (TPSA) is 112 Å². The molecule has 0 aliphatic heterocycles. The van der Waals surface area contributed by atoms with Crippen molar-refractivity contribution in [1.29, 1.82) is 0 Å². The van der Waals surface area contributed by atoms with Crippen molar-refractivity contribution in [2.45, 2.75) is 17.3 Å². The van der Waals surface area contributed by atoms with Crippen LogP contribution in [-0.4, -0.2) is 38.0 Å². The highest BCUT2D eigenvalue weighted by molar-refractivity contribution is 8.00. The second-order valence-corrected chi connectivity index (χ2v) is 9.10. The van der Waals surface area contributed by atoms with Gasteiger partial charge in [-0.1, -0.05) is 36.0 Å². The number of benzene rings is 2. The van der Waals surface area contributed by atoms with Crippen molar-refractivity contribution in [3.05, 3.63) is 76.2 Å². The molecule has 0 fully saturated rings. The number of nitro benzene ring substituents is 1. The zero-order valence-corrected chi connectivity index (χ0v) is 19.3. The molecule has 0 aliphatic carbocycles. The second-order valence-electron chi connectivity index (χ2n) is 6.85. The van der Waals surface area contributed by atoms with Crippen LogP contribution in [0.3, 0.4) is 0 Å². The van der Waals surface area contributed by atoms with Gasteiger partial charge in [0, 0.05) is 17.8 Å². The molecular formula is C22H19N5O4S2. The number of nitro groups is 1. The fraction of sp³-hybridized carbons (Fsp3) is 0.136. The van der Waals surface area contributed by atoms with Crippen molar-refractivity contribution in [2.75, 3.05) is 12.4 Å². The van der Waals surface area contributed by atoms with E-state index in [9.17, 15) is 14.9 Å². The monoisotopic (exact) mass is 481 g/mol. The SMILES string of the molecule is COc1ccccc1-n1c(SC(C)C(=O)Nc2cccc([N+](=O)[O-])c2)nnc1-c1cccs1. The van der Waals surface area contributed by atoms with Crippen LogP contribution in [0, 0.1) is 10.1 Å². The van der Waals surface area contributed by atoms with Crippen molar-refractivity contribution in [3.63, 3.8) is 0 Å². The highest BCUT2D eigenvalue weighted by Crippen LogP contribution is 2.35. The maximum absolute atomic E-state index is 12.8. The number of rotatable bonds is 8. The lowest BCUT2D eigenvalue weighted by Gasteiger charge is -2.15. The summed E-state index contributed by atoms with van der Waals surface area (Å²) in [4.78, 5) is 24.2. The number of anilines is 1. The van der Waals surface area contributed by atoms with Gasteiger partial charge in [-0.2, -0.15) is 0 Å². The summed E-state index contributed by atoms with van der Waals surface area (Å²) in [5.41, 5.74) is 1.01. The van der Waals surface area contributed by atoms with E-state index in [2.05, 4.69) is 15.5 Å². The van der Waals surface area contributed by atoms with Crippen LogP contribution in [0.4, 0.5) is 11.4 Å². The van der Waals surface area contributed by atoms with Gasteiger partial charge in [0.1, 0.15) is 5.75 Å². The van der Waals surface area contributed by atoms with Gasteiger partial charge in [0.15, 0.2) is 11.0 Å². The zero-order valence-electron chi connectivity index (χ0n) is 17.7. The average Bonchev–Trinajstić information content (AvgIpc) is 3.49. The summed E-state index contributed by atoms with van der Waals surface area (Å²) < 4.78 is 7.41. The molecule has 2 aromatic heterocycles. The minimum Gasteiger partial charge on any atom is -0.495 e. The third-order valence-electron chi connectivity index (χ3n) is 4.68. The van der Waals surface area contributed by atoms with E-state index in [0.717, 1.165) is 10.6 Å². The van der Waals surface area contributed by atoms with E-state index in [1.807, 2.05) is 46.3 Å². The van der Waals surface area contributed by atoms with E-state index in [4.69, 9.17) is 4.74 Å². The summed E-state index contributed by atoms with van der Waals surface area (Å²) in [5, 5.41) is 24.4. The predicted molar refractivity (Wildman–Crippen MR) is 128 cm³/mol. The summed E-state index contributed by atoms with van der Waals surface area (Å²) in [6.07, 6.45) is 0. The molecule has 4 rings (SSSR count). The van der Waals surface area contributed by atoms with Crippen molar-refractivity contribution >= 4 is 40.4 Å². The van der Waals surface area contributed by atoms with Gasteiger partial charge < -0.3 is 10.1 Å². The molecule has 1 N–H and O–H groups in total. The summed E-state index contributed by atoms with van der Waals surface area (Å²) >= 11 is 2.77. The number of thiophene rings is 1. The third-order valence-corrected chi connectivity index (χ3v) is 6.59. The van der Waals surface area contributed by atoms with Gasteiger partial charge >= 0.3 is 0 Å². The normalized spacial score (nSPS) is 11.7. The molecule has 168 valence electrons. The Morgan fingerprint density at radius 1 is 1.18 bits per heavy atom. The molecule has 1 unspecified atom stereocenters. The average molecular weight is 482 g/mol. The first-order valence-electron chi connectivity index (χ1n) is 9.82. The Balaban J connectivity index is 1.63. The van der Waals surface area contributed by atoms with Gasteiger partial charge in [-0.15, -0.1) is 21.5 Å². The number of hydrogen-bond acceptors (Lipinski definition) is 8. The maximum atomic E-state index is 12.8. The Hall–Kier alpha value is -3.70. The van der Waals surface area contributed by atoms with Crippen LogP contribution in [0.25, 0.3) is 16.4 Å². The lowest BCUT2D eigenvalue weighted by molar-refractivity contribution is -0.384. The number of amides is 1. The fourth-order valence-electron chi connectivity index (χ4n) is 3.10. The number of hydrogen-bond donors (Lipinski definition) is 1. The molecule has 9 nitrogen and oxygen atoms in total. The Labute approximate surface area is 197 Å². The number of methoxy groups -OCH3 is 1. The van der Waals surface area contributed by atoms with Crippen LogP contribution < -0.4 is 10.1 Å². The highest BCUT2D eigenvalue weighted by Gasteiger charge is 2.24. The Kier molecular flexibility index (Phi) is 6.71. The first-order chi connectivity index (χ1) is 16.0. The number of thioether (sulfide) groups is 1. The van der Waals surface area contributed by atoms with E-state index >= 15 is 0 Å². The van der Waals surface area contributed by atoms with Crippen LogP contribution in [0.15, 0.2) is 71.2 Å². The number of ether oxygens (including phenoxy) is 1. The largest absolute Gasteiger partial charge is 0.495 e. The number of non-ortho nitro benzene ring substituents is 1. The van der Waals surface area contributed by atoms with Gasteiger partial charge in [-0.3, -0.25) is 19.5 Å². The number of para-hydroxylation sites is 2. The fourth-order valence-corrected chi connectivity index (χ4v) is 4.65. The number of aromatic nitrogens is 3. The molecule has 0 radical (unpaired) electrons. The molecule has 2 heterocycles. The minimum atomic E-state index is -0.557. The van der Waals surface area contributed by atoms with Gasteiger partial charge in [-0.05, 0) is 36.6 Å². The van der Waals surface area contributed by atoms with Crippen LogP contribution >= 0.6 is 23.1 Å². The summed E-state index contributed by atoms with van der Waals surface area (Å²) in [6.45, 7) is 1.74. The van der Waals surface area contributed by atoms with E-state index < -0.39 is 10.2 Å². The van der Waals surface area contributed by atoms with Gasteiger partial charge in [-0.25, -0.2) is 0 Å². The molecule has 33 heavy (non-hydrogen) atoms. The zero-order chi connectivity index (χ0) is 23.4. The minimum absolute atomic E-state index is 0.0930. The highest BCUT2D eigenvalue weighted by atomic mass is 32.2. The molecule has 0 bridgehead atoms. The van der Waals surface area contributed by atoms with E-state index in [1.54, 1.807) is 20.1 Å². The van der Waals surface area contributed by atoms with Crippen LogP contribution in [0.2, 0.25) is 0 Å². The molecule has 1 amide bonds. The van der Waals surface area contributed by atoms with Crippen molar-refractivity contribution in [1.82, 2.24) is 14.8 Å². The standard InChI is InChI=1S/C22H19N5O4S2/c1-14(21(28)23-15-7-5-8-16(13-15)27(29)30)33-22-25-24-20(19-11-6-12-32-19)26(22)17-9-3-4-10-18(17)31-2/h3-14H,1-2H3,(H,23,28). The third kappa shape index (κ3) is 4.89.